The molecule has 1 aliphatic carbocycles. The van der Waals surface area contributed by atoms with Crippen molar-refractivity contribution >= 4 is 5.91 Å². The van der Waals surface area contributed by atoms with Crippen molar-refractivity contribution in [2.24, 2.45) is 0 Å². The van der Waals surface area contributed by atoms with Crippen LogP contribution < -0.4 is 0 Å². The second kappa shape index (κ2) is 8.83. The number of halogens is 1. The molecule has 2 aromatic carbocycles. The van der Waals surface area contributed by atoms with Gasteiger partial charge < -0.3 is 9.64 Å². The zero-order valence-electron chi connectivity index (χ0n) is 19.0. The van der Waals surface area contributed by atoms with Gasteiger partial charge in [0.25, 0.3) is 0 Å². The van der Waals surface area contributed by atoms with E-state index in [1.807, 2.05) is 23.1 Å². The van der Waals surface area contributed by atoms with Gasteiger partial charge in [-0.3, -0.25) is 9.69 Å². The first-order chi connectivity index (χ1) is 17.1. The van der Waals surface area contributed by atoms with Crippen LogP contribution >= 0.6 is 0 Å². The number of hydrogen-bond acceptors (Lipinski definition) is 7. The fourth-order valence-electron chi connectivity index (χ4n) is 5.52. The Morgan fingerprint density at radius 1 is 1.17 bits per heavy atom. The Morgan fingerprint density at radius 3 is 2.91 bits per heavy atom. The second-order valence-electron chi connectivity index (χ2n) is 9.33. The molecule has 0 spiro atoms. The number of rotatable bonds is 3. The van der Waals surface area contributed by atoms with Gasteiger partial charge in [-0.2, -0.15) is 5.26 Å². The first-order valence-corrected chi connectivity index (χ1v) is 11.8. The lowest BCUT2D eigenvalue weighted by molar-refractivity contribution is -0.141. The van der Waals surface area contributed by atoms with Crippen molar-refractivity contribution in [2.45, 2.75) is 30.9 Å². The molecule has 2 aliphatic heterocycles. The first-order valence-electron chi connectivity index (χ1n) is 11.8. The molecule has 35 heavy (non-hydrogen) atoms. The molecule has 2 fully saturated rings. The zero-order valence-corrected chi connectivity index (χ0v) is 19.0. The molecule has 10 heteroatoms. The number of aromatic nitrogens is 4. The molecule has 0 radical (unpaired) electrons. The van der Waals surface area contributed by atoms with Crippen LogP contribution in [0.4, 0.5) is 4.39 Å². The Bertz CT molecular complexity index is 1310. The number of benzene rings is 2. The van der Waals surface area contributed by atoms with Gasteiger partial charge in [-0.1, -0.05) is 12.1 Å². The summed E-state index contributed by atoms with van der Waals surface area (Å²) in [6.07, 6.45) is 3.02. The number of tetrazole rings is 1. The van der Waals surface area contributed by atoms with Crippen LogP contribution in [-0.2, 0) is 16.0 Å². The third-order valence-electron chi connectivity index (χ3n) is 7.41. The highest BCUT2D eigenvalue weighted by Gasteiger charge is 2.39. The molecule has 3 unspecified atom stereocenters. The van der Waals surface area contributed by atoms with E-state index in [0.717, 1.165) is 36.2 Å². The third-order valence-corrected chi connectivity index (χ3v) is 7.41. The second-order valence-corrected chi connectivity index (χ2v) is 9.33. The Hall–Kier alpha value is -3.68. The number of aryl methyl sites for hydroxylation is 1. The number of fused-ring (bicyclic) bond motifs is 2. The summed E-state index contributed by atoms with van der Waals surface area (Å²) < 4.78 is 21.4. The molecule has 3 heterocycles. The summed E-state index contributed by atoms with van der Waals surface area (Å²) in [7, 11) is 0. The summed E-state index contributed by atoms with van der Waals surface area (Å²) in [5.41, 5.74) is 4.01. The first kappa shape index (κ1) is 21.8. The number of carbonyl (C=O) groups excluding carboxylic acids is 1. The number of carbonyl (C=O) groups is 1. The zero-order chi connectivity index (χ0) is 23.9. The van der Waals surface area contributed by atoms with Crippen molar-refractivity contribution < 1.29 is 13.9 Å². The summed E-state index contributed by atoms with van der Waals surface area (Å²) in [4.78, 5) is 17.8. The predicted octanol–water partition coefficient (Wildman–Crippen LogP) is 1.99. The fraction of sp³-hybridized carbons (Fsp3) is 0.400. The molecule has 1 amide bonds. The minimum atomic E-state index is -0.517. The van der Waals surface area contributed by atoms with Gasteiger partial charge in [0.05, 0.1) is 35.9 Å². The largest absolute Gasteiger partial charge is 0.370 e. The molecule has 3 aromatic rings. The van der Waals surface area contributed by atoms with Gasteiger partial charge in [0.1, 0.15) is 18.2 Å². The fourth-order valence-corrected chi connectivity index (χ4v) is 5.52. The van der Waals surface area contributed by atoms with Gasteiger partial charge >= 0.3 is 0 Å². The van der Waals surface area contributed by atoms with Crippen LogP contribution in [0, 0.1) is 17.1 Å². The van der Waals surface area contributed by atoms with Gasteiger partial charge in [0.2, 0.25) is 5.91 Å². The summed E-state index contributed by atoms with van der Waals surface area (Å²) in [5.74, 6) is -0.463. The van der Waals surface area contributed by atoms with E-state index in [0.29, 0.717) is 26.2 Å². The highest BCUT2D eigenvalue weighted by molar-refractivity contribution is 5.85. The minimum Gasteiger partial charge on any atom is -0.370 e. The van der Waals surface area contributed by atoms with Crippen LogP contribution in [0.5, 0.6) is 0 Å². The molecule has 1 aromatic heterocycles. The van der Waals surface area contributed by atoms with Gasteiger partial charge in [0, 0.05) is 26.2 Å². The Morgan fingerprint density at radius 2 is 2.09 bits per heavy atom. The van der Waals surface area contributed by atoms with E-state index in [9.17, 15) is 9.18 Å². The molecule has 9 nitrogen and oxygen atoms in total. The molecular formula is C25H24FN7O2. The predicted molar refractivity (Wildman–Crippen MR) is 122 cm³/mol. The average molecular weight is 474 g/mol. The number of piperazine rings is 1. The van der Waals surface area contributed by atoms with Gasteiger partial charge in [-0.25, -0.2) is 9.07 Å². The standard InChI is InChI=1S/C25H24FN7O2/c26-23-6-2-17(9-18(23)11-27)24-13-31-7-8-32(12-20(31)14-35-24)25(34)22-4-1-16-10-19(3-5-21(16)22)33-15-28-29-30-33/h2-3,5-6,9-10,15,20,22,24H,1,4,7-8,12-14H2. The van der Waals surface area contributed by atoms with E-state index >= 15 is 0 Å². The summed E-state index contributed by atoms with van der Waals surface area (Å²) in [6, 6.07) is 12.7. The normalized spacial score (nSPS) is 24.0. The van der Waals surface area contributed by atoms with Gasteiger partial charge in [-0.05, 0) is 64.2 Å². The molecule has 0 N–H and O–H groups in total. The van der Waals surface area contributed by atoms with Crippen LogP contribution in [0.1, 0.15) is 40.7 Å². The van der Waals surface area contributed by atoms with Gasteiger partial charge in [0.15, 0.2) is 0 Å². The quantitative estimate of drug-likeness (QED) is 0.574. The molecule has 6 rings (SSSR count). The topological polar surface area (TPSA) is 100 Å². The van der Waals surface area contributed by atoms with Crippen molar-refractivity contribution in [1.29, 1.82) is 5.26 Å². The molecular weight excluding hydrogens is 449 g/mol. The third kappa shape index (κ3) is 3.96. The minimum absolute atomic E-state index is 0.0329. The van der Waals surface area contributed by atoms with E-state index in [2.05, 4.69) is 26.5 Å². The van der Waals surface area contributed by atoms with Crippen molar-refractivity contribution in [3.8, 4) is 11.8 Å². The van der Waals surface area contributed by atoms with E-state index in [4.69, 9.17) is 10.00 Å². The highest BCUT2D eigenvalue weighted by atomic mass is 19.1. The molecule has 0 bridgehead atoms. The lowest BCUT2D eigenvalue weighted by Gasteiger charge is -2.46. The SMILES string of the molecule is N#Cc1cc(C2CN3CCN(C(=O)C4CCc5cc(-n6cnnn6)ccc54)CC3CO2)ccc1F. The number of hydrogen-bond donors (Lipinski definition) is 0. The van der Waals surface area contributed by atoms with Crippen molar-refractivity contribution in [3.63, 3.8) is 0 Å². The average Bonchev–Trinajstić information content (AvgIpc) is 3.58. The maximum Gasteiger partial charge on any atom is 0.230 e. The summed E-state index contributed by atoms with van der Waals surface area (Å²) in [6.45, 7) is 3.22. The smallest absolute Gasteiger partial charge is 0.230 e. The number of ether oxygens (including phenoxy) is 1. The van der Waals surface area contributed by atoms with Crippen molar-refractivity contribution in [1.82, 2.24) is 30.0 Å². The van der Waals surface area contributed by atoms with Crippen molar-refractivity contribution in [3.05, 3.63) is 70.8 Å². The van der Waals surface area contributed by atoms with E-state index in [1.165, 1.54) is 11.6 Å². The van der Waals surface area contributed by atoms with Crippen LogP contribution in [0.15, 0.2) is 42.7 Å². The highest BCUT2D eigenvalue weighted by Crippen LogP contribution is 2.36. The number of morpholine rings is 1. The Labute approximate surface area is 201 Å². The lowest BCUT2D eigenvalue weighted by atomic mass is 9.97. The molecule has 3 aliphatic rings. The maximum atomic E-state index is 13.7. The molecule has 0 saturated carbocycles. The number of nitriles is 1. The van der Waals surface area contributed by atoms with Crippen LogP contribution in [0.25, 0.3) is 5.69 Å². The molecule has 178 valence electrons. The monoisotopic (exact) mass is 473 g/mol. The van der Waals surface area contributed by atoms with Crippen LogP contribution in [-0.4, -0.2) is 74.7 Å². The Balaban J connectivity index is 1.11. The van der Waals surface area contributed by atoms with E-state index < -0.39 is 5.82 Å². The lowest BCUT2D eigenvalue weighted by Crippen LogP contribution is -2.60. The van der Waals surface area contributed by atoms with Crippen LogP contribution in [0.3, 0.4) is 0 Å². The maximum absolute atomic E-state index is 13.7. The molecule has 3 atom stereocenters. The summed E-state index contributed by atoms with van der Waals surface area (Å²) in [5, 5.41) is 20.5. The number of amides is 1. The number of nitrogens with zero attached hydrogens (tertiary/aromatic N) is 7. The summed E-state index contributed by atoms with van der Waals surface area (Å²) >= 11 is 0. The Kier molecular flexibility index (Phi) is 5.51. The van der Waals surface area contributed by atoms with Gasteiger partial charge in [-0.15, -0.1) is 5.10 Å². The molecule has 2 saturated heterocycles. The van der Waals surface area contributed by atoms with E-state index in [1.54, 1.807) is 23.1 Å². The van der Waals surface area contributed by atoms with Crippen LogP contribution in [0.2, 0.25) is 0 Å². The van der Waals surface area contributed by atoms with Crippen molar-refractivity contribution in [2.75, 3.05) is 32.8 Å². The van der Waals surface area contributed by atoms with E-state index in [-0.39, 0.29) is 29.5 Å².